The predicted molar refractivity (Wildman–Crippen MR) is 80.8 cm³/mol. The van der Waals surface area contributed by atoms with Gasteiger partial charge in [0.25, 0.3) is 0 Å². The molecular weight excluding hydrogens is 264 g/mol. The third kappa shape index (κ3) is 2.62. The summed E-state index contributed by atoms with van der Waals surface area (Å²) in [4.78, 5) is 11.6. The number of amides is 1. The predicted octanol–water partition coefficient (Wildman–Crippen LogP) is 1.77. The minimum absolute atomic E-state index is 0.114. The SMILES string of the molecule is [NH3+]CCNC(=O)OCC1c2ccccc2-c2ccccc21. The number of carbonyl (C=O) groups excluding carboxylic acids is 1. The molecule has 108 valence electrons. The quantitative estimate of drug-likeness (QED) is 0.898. The summed E-state index contributed by atoms with van der Waals surface area (Å²) in [7, 11) is 0. The number of alkyl carbamates (subject to hydrolysis) is 1. The molecule has 1 amide bonds. The molecule has 1 aliphatic rings. The zero-order valence-corrected chi connectivity index (χ0v) is 11.8. The Morgan fingerprint density at radius 3 is 2.19 bits per heavy atom. The van der Waals surface area contributed by atoms with E-state index in [0.717, 1.165) is 0 Å². The summed E-state index contributed by atoms with van der Waals surface area (Å²) < 4.78 is 5.36. The third-order valence-corrected chi connectivity index (χ3v) is 3.79. The molecule has 0 aromatic heterocycles. The second kappa shape index (κ2) is 5.97. The van der Waals surface area contributed by atoms with E-state index in [2.05, 4.69) is 35.3 Å². The van der Waals surface area contributed by atoms with Crippen molar-refractivity contribution in [3.05, 3.63) is 59.7 Å². The molecule has 0 spiro atoms. The van der Waals surface area contributed by atoms with Crippen LogP contribution < -0.4 is 11.1 Å². The zero-order chi connectivity index (χ0) is 14.7. The Morgan fingerprint density at radius 2 is 1.62 bits per heavy atom. The fourth-order valence-electron chi connectivity index (χ4n) is 2.84. The van der Waals surface area contributed by atoms with Crippen LogP contribution in [0.3, 0.4) is 0 Å². The van der Waals surface area contributed by atoms with E-state index < -0.39 is 0 Å². The van der Waals surface area contributed by atoms with Crippen molar-refractivity contribution in [3.63, 3.8) is 0 Å². The van der Waals surface area contributed by atoms with Gasteiger partial charge in [-0.15, -0.1) is 0 Å². The first kappa shape index (κ1) is 13.6. The highest BCUT2D eigenvalue weighted by Gasteiger charge is 2.28. The topological polar surface area (TPSA) is 66.0 Å². The molecule has 0 radical (unpaired) electrons. The van der Waals surface area contributed by atoms with Crippen molar-refractivity contribution in [2.45, 2.75) is 5.92 Å². The number of hydrogen-bond acceptors (Lipinski definition) is 2. The number of benzene rings is 2. The van der Waals surface area contributed by atoms with Gasteiger partial charge in [0, 0.05) is 5.92 Å². The molecule has 0 aliphatic heterocycles. The maximum absolute atomic E-state index is 11.6. The average Bonchev–Trinajstić information content (AvgIpc) is 2.85. The van der Waals surface area contributed by atoms with Crippen LogP contribution in [0.25, 0.3) is 11.1 Å². The molecule has 2 aromatic carbocycles. The van der Waals surface area contributed by atoms with E-state index in [-0.39, 0.29) is 12.0 Å². The fourth-order valence-corrected chi connectivity index (χ4v) is 2.84. The lowest BCUT2D eigenvalue weighted by Gasteiger charge is -2.14. The molecule has 3 rings (SSSR count). The van der Waals surface area contributed by atoms with Gasteiger partial charge in [-0.05, 0) is 22.3 Å². The van der Waals surface area contributed by atoms with Crippen molar-refractivity contribution in [2.24, 2.45) is 0 Å². The number of quaternary nitrogens is 1. The molecule has 4 N–H and O–H groups in total. The minimum atomic E-state index is -0.375. The van der Waals surface area contributed by atoms with Gasteiger partial charge >= 0.3 is 6.09 Å². The maximum atomic E-state index is 11.6. The number of ether oxygens (including phenoxy) is 1. The van der Waals surface area contributed by atoms with E-state index in [1.807, 2.05) is 24.3 Å². The van der Waals surface area contributed by atoms with Crippen LogP contribution in [0.15, 0.2) is 48.5 Å². The third-order valence-electron chi connectivity index (χ3n) is 3.79. The smallest absolute Gasteiger partial charge is 0.407 e. The summed E-state index contributed by atoms with van der Waals surface area (Å²) in [5, 5.41) is 2.68. The Bertz CT molecular complexity index is 609. The van der Waals surface area contributed by atoms with Gasteiger partial charge in [0.2, 0.25) is 0 Å². The van der Waals surface area contributed by atoms with Gasteiger partial charge in [-0.1, -0.05) is 48.5 Å². The van der Waals surface area contributed by atoms with Gasteiger partial charge in [-0.2, -0.15) is 0 Å². The maximum Gasteiger partial charge on any atom is 0.407 e. The van der Waals surface area contributed by atoms with Gasteiger partial charge in [0.15, 0.2) is 0 Å². The number of nitrogens with one attached hydrogen (secondary N) is 1. The molecule has 0 saturated carbocycles. The largest absolute Gasteiger partial charge is 0.449 e. The molecule has 4 heteroatoms. The average molecular weight is 283 g/mol. The molecule has 0 fully saturated rings. The molecule has 0 saturated heterocycles. The Morgan fingerprint density at radius 1 is 1.05 bits per heavy atom. The zero-order valence-electron chi connectivity index (χ0n) is 11.8. The van der Waals surface area contributed by atoms with Crippen LogP contribution in [0, 0.1) is 0 Å². The molecule has 1 aliphatic carbocycles. The first-order chi connectivity index (χ1) is 10.3. The summed E-state index contributed by atoms with van der Waals surface area (Å²) in [6, 6.07) is 16.6. The number of hydrogen-bond donors (Lipinski definition) is 2. The number of carbonyl (C=O) groups is 1. The van der Waals surface area contributed by atoms with E-state index in [4.69, 9.17) is 4.74 Å². The molecule has 0 heterocycles. The Hall–Kier alpha value is -2.33. The molecule has 21 heavy (non-hydrogen) atoms. The van der Waals surface area contributed by atoms with Crippen molar-refractivity contribution in [1.82, 2.24) is 5.32 Å². The molecule has 0 unspecified atom stereocenters. The molecular formula is C17H19N2O2+. The summed E-state index contributed by atoms with van der Waals surface area (Å²) in [6.07, 6.45) is -0.375. The highest BCUT2D eigenvalue weighted by Crippen LogP contribution is 2.44. The summed E-state index contributed by atoms with van der Waals surface area (Å²) >= 11 is 0. The van der Waals surface area contributed by atoms with Crippen molar-refractivity contribution in [1.29, 1.82) is 0 Å². The summed E-state index contributed by atoms with van der Waals surface area (Å²) in [5.41, 5.74) is 8.61. The normalized spacial score (nSPS) is 12.6. The van der Waals surface area contributed by atoms with Crippen molar-refractivity contribution >= 4 is 6.09 Å². The fraction of sp³-hybridized carbons (Fsp3) is 0.235. The van der Waals surface area contributed by atoms with Crippen molar-refractivity contribution < 1.29 is 15.3 Å². The van der Waals surface area contributed by atoms with E-state index in [0.29, 0.717) is 19.7 Å². The van der Waals surface area contributed by atoms with Crippen molar-refractivity contribution in [2.75, 3.05) is 19.7 Å². The second-order valence-electron chi connectivity index (χ2n) is 5.11. The van der Waals surface area contributed by atoms with Crippen molar-refractivity contribution in [3.8, 4) is 11.1 Å². The Labute approximate surface area is 123 Å². The molecule has 0 bridgehead atoms. The van der Waals surface area contributed by atoms with Crippen LogP contribution in [0.4, 0.5) is 4.79 Å². The van der Waals surface area contributed by atoms with E-state index >= 15 is 0 Å². The lowest BCUT2D eigenvalue weighted by molar-refractivity contribution is -0.364. The standard InChI is InChI=1S/C17H18N2O2/c18-9-10-19-17(20)21-11-16-14-7-3-1-5-12(14)13-6-2-4-8-15(13)16/h1-8,16H,9-11,18H2,(H,19,20)/p+1. The van der Waals surface area contributed by atoms with Crippen LogP contribution in [0.1, 0.15) is 17.0 Å². The Kier molecular flexibility index (Phi) is 3.88. The van der Waals surface area contributed by atoms with Crippen LogP contribution in [-0.2, 0) is 4.74 Å². The number of fused-ring (bicyclic) bond motifs is 3. The van der Waals surface area contributed by atoms with Crippen LogP contribution >= 0.6 is 0 Å². The van der Waals surface area contributed by atoms with Gasteiger partial charge in [0.1, 0.15) is 6.61 Å². The lowest BCUT2D eigenvalue weighted by Crippen LogP contribution is -2.54. The highest BCUT2D eigenvalue weighted by atomic mass is 16.5. The number of rotatable bonds is 4. The Balaban J connectivity index is 1.81. The van der Waals surface area contributed by atoms with E-state index in [1.54, 1.807) is 0 Å². The van der Waals surface area contributed by atoms with Gasteiger partial charge in [-0.3, -0.25) is 0 Å². The minimum Gasteiger partial charge on any atom is -0.449 e. The van der Waals surface area contributed by atoms with Crippen LogP contribution in [0.5, 0.6) is 0 Å². The van der Waals surface area contributed by atoms with Crippen LogP contribution in [0.2, 0.25) is 0 Å². The van der Waals surface area contributed by atoms with Gasteiger partial charge < -0.3 is 15.8 Å². The first-order valence-electron chi connectivity index (χ1n) is 7.19. The highest BCUT2D eigenvalue weighted by molar-refractivity contribution is 5.79. The van der Waals surface area contributed by atoms with Crippen LogP contribution in [-0.4, -0.2) is 25.8 Å². The second-order valence-corrected chi connectivity index (χ2v) is 5.11. The molecule has 4 nitrogen and oxygen atoms in total. The molecule has 0 atom stereocenters. The van der Waals surface area contributed by atoms with E-state index in [9.17, 15) is 4.79 Å². The summed E-state index contributed by atoms with van der Waals surface area (Å²) in [6.45, 7) is 1.55. The lowest BCUT2D eigenvalue weighted by atomic mass is 9.98. The summed E-state index contributed by atoms with van der Waals surface area (Å²) in [5.74, 6) is 0.114. The monoisotopic (exact) mass is 283 g/mol. The van der Waals surface area contributed by atoms with Gasteiger partial charge in [-0.25, -0.2) is 4.79 Å². The van der Waals surface area contributed by atoms with E-state index in [1.165, 1.54) is 22.3 Å². The first-order valence-corrected chi connectivity index (χ1v) is 7.19. The van der Waals surface area contributed by atoms with Gasteiger partial charge in [0.05, 0.1) is 13.1 Å². The molecule has 2 aromatic rings.